The van der Waals surface area contributed by atoms with Crippen LogP contribution in [0.25, 0.3) is 11.3 Å². The van der Waals surface area contributed by atoms with Gasteiger partial charge in [-0.1, -0.05) is 31.4 Å². The first-order chi connectivity index (χ1) is 16.0. The van der Waals surface area contributed by atoms with Crippen LogP contribution in [0.4, 0.5) is 18.9 Å². The number of halogens is 4. The Morgan fingerprint density at radius 2 is 1.94 bits per heavy atom. The number of carbonyl (C=O) groups excluding carboxylic acids is 1. The van der Waals surface area contributed by atoms with Crippen LogP contribution in [-0.4, -0.2) is 34.6 Å². The maximum absolute atomic E-state index is 13.2. The Morgan fingerprint density at radius 3 is 2.53 bits per heavy atom. The van der Waals surface area contributed by atoms with Crippen LogP contribution in [0.3, 0.4) is 0 Å². The molecule has 0 bridgehead atoms. The van der Waals surface area contributed by atoms with Crippen LogP contribution in [0.15, 0.2) is 18.2 Å². The largest absolute Gasteiger partial charge is 0.573 e. The standard InChI is InChI=1S/C24H32ClF3N4O2/c1-5-32-22(18-11-10-17(30-14(2)3)12-19(18)34-24(26,27)28)20(25)21(31-32)23(33)29-13-16-8-6-15(4)7-9-16/h10-12,14-16,30H,5-9,13H2,1-4H3,(H,29,33). The molecule has 1 amide bonds. The molecule has 2 aromatic rings. The zero-order valence-corrected chi connectivity index (χ0v) is 20.7. The third-order valence-corrected chi connectivity index (χ3v) is 6.37. The van der Waals surface area contributed by atoms with E-state index in [1.54, 1.807) is 13.0 Å². The van der Waals surface area contributed by atoms with Crippen LogP contribution >= 0.6 is 11.6 Å². The number of ether oxygens (including phenoxy) is 1. The van der Waals surface area contributed by atoms with Crippen molar-refractivity contribution >= 4 is 23.2 Å². The number of hydrogen-bond donors (Lipinski definition) is 2. The monoisotopic (exact) mass is 500 g/mol. The van der Waals surface area contributed by atoms with Crippen molar-refractivity contribution in [3.63, 3.8) is 0 Å². The second-order valence-corrected chi connectivity index (χ2v) is 9.60. The van der Waals surface area contributed by atoms with Crippen molar-refractivity contribution in [1.82, 2.24) is 15.1 Å². The molecule has 0 unspecified atom stereocenters. The Kier molecular flexibility index (Phi) is 8.38. The fraction of sp³-hybridized carbons (Fsp3) is 0.583. The minimum absolute atomic E-state index is 0.00629. The molecule has 10 heteroatoms. The first-order valence-corrected chi connectivity index (χ1v) is 12.1. The van der Waals surface area contributed by atoms with Crippen molar-refractivity contribution in [2.24, 2.45) is 11.8 Å². The van der Waals surface area contributed by atoms with Gasteiger partial charge in [-0.15, -0.1) is 13.2 Å². The molecule has 6 nitrogen and oxygen atoms in total. The maximum Gasteiger partial charge on any atom is 0.573 e. The van der Waals surface area contributed by atoms with Crippen molar-refractivity contribution in [2.75, 3.05) is 11.9 Å². The summed E-state index contributed by atoms with van der Waals surface area (Å²) in [4.78, 5) is 12.9. The SMILES string of the molecule is CCn1nc(C(=O)NCC2CCC(C)CC2)c(Cl)c1-c1ccc(NC(C)C)cc1OC(F)(F)F. The molecule has 188 valence electrons. The van der Waals surface area contributed by atoms with Crippen LogP contribution in [0, 0.1) is 11.8 Å². The molecule has 1 aliphatic carbocycles. The number of anilines is 1. The lowest BCUT2D eigenvalue weighted by Crippen LogP contribution is -2.31. The highest BCUT2D eigenvalue weighted by atomic mass is 35.5. The van der Waals surface area contributed by atoms with Crippen LogP contribution in [-0.2, 0) is 6.54 Å². The van der Waals surface area contributed by atoms with E-state index in [4.69, 9.17) is 11.6 Å². The van der Waals surface area contributed by atoms with E-state index in [1.807, 2.05) is 13.8 Å². The summed E-state index contributed by atoms with van der Waals surface area (Å²) in [5.41, 5.74) is 0.768. The van der Waals surface area contributed by atoms with Crippen LogP contribution in [0.5, 0.6) is 5.75 Å². The minimum Gasteiger partial charge on any atom is -0.405 e. The number of nitrogens with zero attached hydrogens (tertiary/aromatic N) is 2. The molecular weight excluding hydrogens is 469 g/mol. The third-order valence-electron chi connectivity index (χ3n) is 6.01. The van der Waals surface area contributed by atoms with Crippen LogP contribution < -0.4 is 15.4 Å². The molecule has 2 N–H and O–H groups in total. The zero-order chi connectivity index (χ0) is 25.0. The third kappa shape index (κ3) is 6.58. The van der Waals surface area contributed by atoms with Gasteiger partial charge in [0.05, 0.1) is 10.7 Å². The number of hydrogen-bond acceptors (Lipinski definition) is 4. The van der Waals surface area contributed by atoms with E-state index in [2.05, 4.69) is 27.4 Å². The number of rotatable bonds is 8. The molecule has 0 saturated heterocycles. The molecule has 0 spiro atoms. The Labute approximate surface area is 203 Å². The second-order valence-electron chi connectivity index (χ2n) is 9.22. The first-order valence-electron chi connectivity index (χ1n) is 11.7. The van der Waals surface area contributed by atoms with E-state index in [9.17, 15) is 18.0 Å². The van der Waals surface area contributed by atoms with E-state index >= 15 is 0 Å². The van der Waals surface area contributed by atoms with Crippen molar-refractivity contribution in [3.8, 4) is 17.0 Å². The lowest BCUT2D eigenvalue weighted by Gasteiger charge is -2.26. The highest BCUT2D eigenvalue weighted by molar-refractivity contribution is 6.36. The summed E-state index contributed by atoms with van der Waals surface area (Å²) >= 11 is 6.55. The predicted octanol–water partition coefficient (Wildman–Crippen LogP) is 6.50. The summed E-state index contributed by atoms with van der Waals surface area (Å²) in [7, 11) is 0. The molecule has 0 radical (unpaired) electrons. The summed E-state index contributed by atoms with van der Waals surface area (Å²) in [5, 5.41) is 10.3. The molecule has 3 rings (SSSR count). The number of alkyl halides is 3. The second kappa shape index (κ2) is 10.9. The Morgan fingerprint density at radius 1 is 1.26 bits per heavy atom. The van der Waals surface area contributed by atoms with Gasteiger partial charge in [0.15, 0.2) is 5.69 Å². The first kappa shape index (κ1) is 26.2. The molecule has 1 aromatic heterocycles. The van der Waals surface area contributed by atoms with Gasteiger partial charge in [-0.3, -0.25) is 9.48 Å². The summed E-state index contributed by atoms with van der Waals surface area (Å²) in [6.07, 6.45) is -0.511. The predicted molar refractivity (Wildman–Crippen MR) is 127 cm³/mol. The van der Waals surface area contributed by atoms with Crippen LogP contribution in [0.2, 0.25) is 5.02 Å². The molecule has 1 heterocycles. The Bertz CT molecular complexity index is 999. The topological polar surface area (TPSA) is 68.2 Å². The van der Waals surface area contributed by atoms with Crippen molar-refractivity contribution < 1.29 is 22.7 Å². The molecule has 1 saturated carbocycles. The van der Waals surface area contributed by atoms with Gasteiger partial charge in [0.1, 0.15) is 5.75 Å². The van der Waals surface area contributed by atoms with Crippen molar-refractivity contribution in [3.05, 3.63) is 28.9 Å². The highest BCUT2D eigenvalue weighted by Crippen LogP contribution is 2.40. The summed E-state index contributed by atoms with van der Waals surface area (Å²) in [6, 6.07) is 4.42. The maximum atomic E-state index is 13.2. The van der Waals surface area contributed by atoms with Crippen LogP contribution in [0.1, 0.15) is 63.9 Å². The zero-order valence-electron chi connectivity index (χ0n) is 19.9. The molecule has 0 aliphatic heterocycles. The normalized spacial score (nSPS) is 18.7. The molecule has 1 aliphatic rings. The van der Waals surface area contributed by atoms with Gasteiger partial charge in [-0.05, 0) is 57.6 Å². The number of aromatic nitrogens is 2. The van der Waals surface area contributed by atoms with Gasteiger partial charge < -0.3 is 15.4 Å². The van der Waals surface area contributed by atoms with E-state index in [0.29, 0.717) is 30.6 Å². The average molecular weight is 501 g/mol. The number of aryl methyl sites for hydroxylation is 1. The Balaban J connectivity index is 1.91. The van der Waals surface area contributed by atoms with E-state index in [1.165, 1.54) is 16.8 Å². The smallest absolute Gasteiger partial charge is 0.405 e. The number of carbonyl (C=O) groups is 1. The van der Waals surface area contributed by atoms with Gasteiger partial charge in [0, 0.05) is 36.4 Å². The summed E-state index contributed by atoms with van der Waals surface area (Å²) in [5.74, 6) is 0.255. The molecule has 34 heavy (non-hydrogen) atoms. The van der Waals surface area contributed by atoms with Gasteiger partial charge in [-0.25, -0.2) is 0 Å². The van der Waals surface area contributed by atoms with E-state index < -0.39 is 18.0 Å². The van der Waals surface area contributed by atoms with E-state index in [0.717, 1.165) is 25.7 Å². The fourth-order valence-corrected chi connectivity index (χ4v) is 4.60. The molecular formula is C24H32ClF3N4O2. The van der Waals surface area contributed by atoms with Gasteiger partial charge in [0.2, 0.25) is 0 Å². The number of nitrogens with one attached hydrogen (secondary N) is 2. The average Bonchev–Trinajstić information content (AvgIpc) is 3.08. The minimum atomic E-state index is -4.90. The highest BCUT2D eigenvalue weighted by Gasteiger charge is 2.34. The lowest BCUT2D eigenvalue weighted by molar-refractivity contribution is -0.274. The van der Waals surface area contributed by atoms with Gasteiger partial charge in [0.25, 0.3) is 5.91 Å². The number of amides is 1. The van der Waals surface area contributed by atoms with Crippen molar-refractivity contribution in [1.29, 1.82) is 0 Å². The number of benzene rings is 1. The molecule has 0 atom stereocenters. The van der Waals surface area contributed by atoms with E-state index in [-0.39, 0.29) is 28.0 Å². The van der Waals surface area contributed by atoms with Gasteiger partial charge >= 0.3 is 6.36 Å². The molecule has 1 fully saturated rings. The fourth-order valence-electron chi connectivity index (χ4n) is 4.28. The molecule has 1 aromatic carbocycles. The lowest BCUT2D eigenvalue weighted by atomic mass is 9.83. The van der Waals surface area contributed by atoms with Gasteiger partial charge in [-0.2, -0.15) is 5.10 Å². The quantitative estimate of drug-likeness (QED) is 0.434. The summed E-state index contributed by atoms with van der Waals surface area (Å²) < 4.78 is 45.3. The van der Waals surface area contributed by atoms with Crippen molar-refractivity contribution in [2.45, 2.75) is 72.3 Å². The Hall–Kier alpha value is -2.42. The summed E-state index contributed by atoms with van der Waals surface area (Å²) in [6.45, 7) is 8.58.